The average Bonchev–Trinajstić information content (AvgIpc) is 2.67. The summed E-state index contributed by atoms with van der Waals surface area (Å²) in [7, 11) is 3.51. The molecule has 26 heavy (non-hydrogen) atoms. The van der Waals surface area contributed by atoms with Gasteiger partial charge in [-0.05, 0) is 43.8 Å². The molecule has 138 valence electrons. The maximum Gasteiger partial charge on any atom is 0.241 e. The Morgan fingerprint density at radius 1 is 1.19 bits per heavy atom. The fourth-order valence-corrected chi connectivity index (χ4v) is 2.80. The molecule has 1 unspecified atom stereocenters. The zero-order chi connectivity index (χ0) is 18.5. The van der Waals surface area contributed by atoms with Crippen molar-refractivity contribution in [3.05, 3.63) is 48.0 Å². The Bertz CT molecular complexity index is 778. The number of amides is 1. The van der Waals surface area contributed by atoms with Gasteiger partial charge in [-0.25, -0.2) is 0 Å². The van der Waals surface area contributed by atoms with E-state index in [9.17, 15) is 4.79 Å². The van der Waals surface area contributed by atoms with Crippen LogP contribution >= 0.6 is 0 Å². The van der Waals surface area contributed by atoms with Crippen LogP contribution in [-0.4, -0.2) is 44.2 Å². The van der Waals surface area contributed by atoms with Gasteiger partial charge in [-0.1, -0.05) is 18.2 Å². The number of para-hydroxylation sites is 2. The van der Waals surface area contributed by atoms with Crippen LogP contribution < -0.4 is 19.5 Å². The second-order valence-electron chi connectivity index (χ2n) is 6.26. The minimum Gasteiger partial charge on any atom is -0.495 e. The van der Waals surface area contributed by atoms with Gasteiger partial charge in [-0.15, -0.1) is 0 Å². The summed E-state index contributed by atoms with van der Waals surface area (Å²) in [6, 6.07) is 12.9. The van der Waals surface area contributed by atoms with E-state index in [-0.39, 0.29) is 11.9 Å². The molecule has 2 aromatic carbocycles. The lowest BCUT2D eigenvalue weighted by atomic mass is 10.1. The first kappa shape index (κ1) is 18.1. The largest absolute Gasteiger partial charge is 0.495 e. The van der Waals surface area contributed by atoms with Crippen LogP contribution in [0.4, 0.5) is 5.69 Å². The molecular weight excluding hydrogens is 332 g/mol. The predicted octanol–water partition coefficient (Wildman–Crippen LogP) is 2.93. The maximum absolute atomic E-state index is 12.6. The number of nitrogens with one attached hydrogen (secondary N) is 1. The van der Waals surface area contributed by atoms with E-state index >= 15 is 0 Å². The molecule has 6 heteroatoms. The number of carbonyl (C=O) groups excluding carboxylic acids is 1. The van der Waals surface area contributed by atoms with E-state index in [1.54, 1.807) is 7.11 Å². The molecule has 1 amide bonds. The van der Waals surface area contributed by atoms with E-state index in [0.717, 1.165) is 17.1 Å². The number of fused-ring (bicyclic) bond motifs is 1. The van der Waals surface area contributed by atoms with E-state index in [1.807, 2.05) is 61.3 Å². The third kappa shape index (κ3) is 4.08. The first-order valence-electron chi connectivity index (χ1n) is 8.61. The highest BCUT2D eigenvalue weighted by Crippen LogP contribution is 2.31. The summed E-state index contributed by atoms with van der Waals surface area (Å²) in [5.41, 5.74) is 1.73. The van der Waals surface area contributed by atoms with Crippen molar-refractivity contribution in [2.24, 2.45) is 0 Å². The molecule has 1 heterocycles. The van der Waals surface area contributed by atoms with Crippen LogP contribution in [-0.2, 0) is 11.3 Å². The molecule has 6 nitrogen and oxygen atoms in total. The van der Waals surface area contributed by atoms with Gasteiger partial charge in [0.25, 0.3) is 0 Å². The van der Waals surface area contributed by atoms with Crippen LogP contribution in [0.15, 0.2) is 42.5 Å². The van der Waals surface area contributed by atoms with Gasteiger partial charge in [0.2, 0.25) is 5.91 Å². The third-order valence-corrected chi connectivity index (χ3v) is 4.44. The number of hydrogen-bond acceptors (Lipinski definition) is 5. The quantitative estimate of drug-likeness (QED) is 0.862. The number of rotatable bonds is 6. The van der Waals surface area contributed by atoms with Crippen LogP contribution in [0.5, 0.6) is 17.2 Å². The standard InChI is InChI=1S/C20H24N2O4/c1-14(20(23)21-16-6-4-5-7-17(16)24-3)22(2)13-15-8-9-18-19(12-15)26-11-10-25-18/h4-9,12,14H,10-11,13H2,1-3H3,(H,21,23). The highest BCUT2D eigenvalue weighted by atomic mass is 16.6. The minimum atomic E-state index is -0.312. The van der Waals surface area contributed by atoms with Crippen LogP contribution in [0.3, 0.4) is 0 Å². The highest BCUT2D eigenvalue weighted by molar-refractivity contribution is 5.95. The van der Waals surface area contributed by atoms with Crippen molar-refractivity contribution in [3.8, 4) is 17.2 Å². The molecule has 2 aromatic rings. The van der Waals surface area contributed by atoms with Crippen molar-refractivity contribution in [1.82, 2.24) is 4.90 Å². The predicted molar refractivity (Wildman–Crippen MR) is 100.0 cm³/mol. The Kier molecular flexibility index (Phi) is 5.63. The first-order valence-corrected chi connectivity index (χ1v) is 8.61. The van der Waals surface area contributed by atoms with Gasteiger partial charge >= 0.3 is 0 Å². The molecule has 0 fully saturated rings. The van der Waals surface area contributed by atoms with E-state index in [2.05, 4.69) is 5.32 Å². The van der Waals surface area contributed by atoms with Gasteiger partial charge in [-0.3, -0.25) is 9.69 Å². The fraction of sp³-hybridized carbons (Fsp3) is 0.350. The van der Waals surface area contributed by atoms with Gasteiger partial charge in [-0.2, -0.15) is 0 Å². The summed E-state index contributed by atoms with van der Waals surface area (Å²) in [4.78, 5) is 14.6. The molecule has 0 aromatic heterocycles. The zero-order valence-corrected chi connectivity index (χ0v) is 15.3. The number of benzene rings is 2. The summed E-state index contributed by atoms with van der Waals surface area (Å²) in [5, 5.41) is 2.93. The number of carbonyl (C=O) groups is 1. The van der Waals surface area contributed by atoms with Crippen molar-refractivity contribution < 1.29 is 19.0 Å². The van der Waals surface area contributed by atoms with Crippen molar-refractivity contribution >= 4 is 11.6 Å². The van der Waals surface area contributed by atoms with Crippen LogP contribution in [0, 0.1) is 0 Å². The molecule has 1 N–H and O–H groups in total. The molecule has 0 saturated heterocycles. The van der Waals surface area contributed by atoms with Gasteiger partial charge in [0.05, 0.1) is 18.8 Å². The Morgan fingerprint density at radius 2 is 1.92 bits per heavy atom. The Labute approximate surface area is 153 Å². The number of anilines is 1. The van der Waals surface area contributed by atoms with E-state index in [1.165, 1.54) is 0 Å². The molecule has 0 radical (unpaired) electrons. The lowest BCUT2D eigenvalue weighted by Gasteiger charge is -2.25. The van der Waals surface area contributed by atoms with Crippen molar-refractivity contribution in [1.29, 1.82) is 0 Å². The second kappa shape index (κ2) is 8.10. The van der Waals surface area contributed by atoms with E-state index < -0.39 is 0 Å². The van der Waals surface area contributed by atoms with E-state index in [0.29, 0.717) is 31.2 Å². The maximum atomic E-state index is 12.6. The molecule has 3 rings (SSSR count). The topological polar surface area (TPSA) is 60.0 Å². The normalized spacial score (nSPS) is 14.0. The Morgan fingerprint density at radius 3 is 2.69 bits per heavy atom. The summed E-state index contributed by atoms with van der Waals surface area (Å²) in [6.45, 7) is 3.64. The fourth-order valence-electron chi connectivity index (χ4n) is 2.80. The molecular formula is C20H24N2O4. The molecule has 1 aliphatic rings. The molecule has 0 spiro atoms. The monoisotopic (exact) mass is 356 g/mol. The lowest BCUT2D eigenvalue weighted by Crippen LogP contribution is -2.39. The second-order valence-corrected chi connectivity index (χ2v) is 6.26. The molecule has 0 saturated carbocycles. The summed E-state index contributed by atoms with van der Waals surface area (Å²) in [6.07, 6.45) is 0. The minimum absolute atomic E-state index is 0.0884. The van der Waals surface area contributed by atoms with E-state index in [4.69, 9.17) is 14.2 Å². The highest BCUT2D eigenvalue weighted by Gasteiger charge is 2.20. The SMILES string of the molecule is COc1ccccc1NC(=O)C(C)N(C)Cc1ccc2c(c1)OCCO2. The number of hydrogen-bond donors (Lipinski definition) is 1. The zero-order valence-electron chi connectivity index (χ0n) is 15.3. The Balaban J connectivity index is 1.63. The van der Waals surface area contributed by atoms with Crippen LogP contribution in [0.1, 0.15) is 12.5 Å². The number of ether oxygens (including phenoxy) is 3. The number of likely N-dealkylation sites (N-methyl/N-ethyl adjacent to an activating group) is 1. The Hall–Kier alpha value is -2.73. The summed E-state index contributed by atoms with van der Waals surface area (Å²) < 4.78 is 16.4. The van der Waals surface area contributed by atoms with Gasteiger partial charge in [0.15, 0.2) is 11.5 Å². The number of methoxy groups -OCH3 is 1. The van der Waals surface area contributed by atoms with Gasteiger partial charge in [0.1, 0.15) is 19.0 Å². The van der Waals surface area contributed by atoms with Gasteiger partial charge < -0.3 is 19.5 Å². The lowest BCUT2D eigenvalue weighted by molar-refractivity contribution is -0.120. The first-order chi connectivity index (χ1) is 12.6. The summed E-state index contributed by atoms with van der Waals surface area (Å²) >= 11 is 0. The third-order valence-electron chi connectivity index (χ3n) is 4.44. The molecule has 1 aliphatic heterocycles. The van der Waals surface area contributed by atoms with Crippen molar-refractivity contribution in [2.45, 2.75) is 19.5 Å². The smallest absolute Gasteiger partial charge is 0.241 e. The molecule has 0 aliphatic carbocycles. The average molecular weight is 356 g/mol. The van der Waals surface area contributed by atoms with Crippen LogP contribution in [0.25, 0.3) is 0 Å². The van der Waals surface area contributed by atoms with Gasteiger partial charge in [0, 0.05) is 6.54 Å². The molecule has 0 bridgehead atoms. The van der Waals surface area contributed by atoms with Crippen molar-refractivity contribution in [3.63, 3.8) is 0 Å². The number of nitrogens with zero attached hydrogens (tertiary/aromatic N) is 1. The van der Waals surface area contributed by atoms with Crippen molar-refractivity contribution in [2.75, 3.05) is 32.7 Å². The van der Waals surface area contributed by atoms with Crippen LogP contribution in [0.2, 0.25) is 0 Å². The summed E-state index contributed by atoms with van der Waals surface area (Å²) in [5.74, 6) is 2.08. The molecule has 1 atom stereocenters.